The minimum atomic E-state index is -0.0960. The van der Waals surface area contributed by atoms with Crippen molar-refractivity contribution in [2.75, 3.05) is 11.9 Å². The number of fused-ring (bicyclic) bond motifs is 1. The van der Waals surface area contributed by atoms with Gasteiger partial charge < -0.3 is 16.0 Å². The molecular weight excluding hydrogens is 334 g/mol. The van der Waals surface area contributed by atoms with E-state index in [1.165, 1.54) is 11.8 Å². The maximum Gasteiger partial charge on any atom is 0.251 e. The van der Waals surface area contributed by atoms with Gasteiger partial charge in [0.05, 0.1) is 10.9 Å². The zero-order valence-corrected chi connectivity index (χ0v) is 14.9. The Morgan fingerprint density at radius 2 is 2.13 bits per heavy atom. The summed E-state index contributed by atoms with van der Waals surface area (Å²) in [4.78, 5) is 25.2. The van der Waals surface area contributed by atoms with Crippen LogP contribution in [0.5, 0.6) is 0 Å². The first-order chi connectivity index (χ1) is 10.5. The Balaban J connectivity index is 0.00000192. The minimum absolute atomic E-state index is 0. The maximum atomic E-state index is 12.4. The van der Waals surface area contributed by atoms with E-state index < -0.39 is 0 Å². The van der Waals surface area contributed by atoms with Gasteiger partial charge in [0.2, 0.25) is 5.91 Å². The summed E-state index contributed by atoms with van der Waals surface area (Å²) in [6, 6.07) is 5.94. The number of halogens is 1. The van der Waals surface area contributed by atoms with Crippen LogP contribution in [0.4, 0.5) is 5.69 Å². The first-order valence-electron chi connectivity index (χ1n) is 7.70. The average Bonchev–Trinajstić information content (AvgIpc) is 2.50. The minimum Gasteiger partial charge on any atom is -0.348 e. The number of piperidine rings is 1. The van der Waals surface area contributed by atoms with Crippen molar-refractivity contribution in [3.8, 4) is 0 Å². The first kappa shape index (κ1) is 18.1. The molecule has 0 bridgehead atoms. The largest absolute Gasteiger partial charge is 0.348 e. The Morgan fingerprint density at radius 1 is 1.35 bits per heavy atom. The molecule has 1 aromatic rings. The molecule has 0 saturated carbocycles. The summed E-state index contributed by atoms with van der Waals surface area (Å²) in [7, 11) is 0. The fourth-order valence-corrected chi connectivity index (χ4v) is 3.77. The predicted octanol–water partition coefficient (Wildman–Crippen LogP) is 2.41. The molecule has 126 valence electrons. The van der Waals surface area contributed by atoms with Crippen LogP contribution in [0.25, 0.3) is 0 Å². The van der Waals surface area contributed by atoms with Crippen LogP contribution in [0.15, 0.2) is 23.1 Å². The van der Waals surface area contributed by atoms with Gasteiger partial charge in [-0.05, 0) is 51.4 Å². The van der Waals surface area contributed by atoms with E-state index in [0.717, 1.165) is 30.0 Å². The van der Waals surface area contributed by atoms with Crippen molar-refractivity contribution >= 4 is 41.7 Å². The molecule has 0 radical (unpaired) electrons. The highest BCUT2D eigenvalue weighted by Gasteiger charge is 2.25. The van der Waals surface area contributed by atoms with E-state index in [9.17, 15) is 9.59 Å². The normalized spacial score (nSPS) is 26.5. The van der Waals surface area contributed by atoms with Crippen molar-refractivity contribution in [3.63, 3.8) is 0 Å². The summed E-state index contributed by atoms with van der Waals surface area (Å²) in [5.74, 6) is -0.0959. The topological polar surface area (TPSA) is 70.2 Å². The lowest BCUT2D eigenvalue weighted by atomic mass is 9.99. The summed E-state index contributed by atoms with van der Waals surface area (Å²) in [5.41, 5.74) is 1.32. The highest BCUT2D eigenvalue weighted by atomic mass is 35.5. The van der Waals surface area contributed by atoms with Gasteiger partial charge in [-0.1, -0.05) is 0 Å². The molecule has 5 nitrogen and oxygen atoms in total. The number of carbonyl (C=O) groups is 2. The molecule has 1 fully saturated rings. The van der Waals surface area contributed by atoms with Gasteiger partial charge in [0, 0.05) is 22.5 Å². The van der Waals surface area contributed by atoms with Gasteiger partial charge in [-0.25, -0.2) is 0 Å². The highest BCUT2D eigenvalue weighted by Crippen LogP contribution is 2.35. The van der Waals surface area contributed by atoms with Crippen molar-refractivity contribution in [2.45, 2.75) is 48.9 Å². The number of rotatable bonds is 2. The number of benzene rings is 1. The molecule has 0 aliphatic carbocycles. The standard InChI is InChI=1S/C16H21N3O2S.ClH/c1-9-12(4-3-7-17-9)18-16(21)11-5-6-14-13(8-11)19-15(20)10(2)22-14;/h5-6,8-10,12,17H,3-4,7H2,1-2H3,(H,18,21)(H,19,20);1H. The zero-order valence-electron chi connectivity index (χ0n) is 13.2. The molecule has 2 amide bonds. The number of hydrogen-bond acceptors (Lipinski definition) is 4. The Hall–Kier alpha value is -1.24. The molecule has 3 rings (SSSR count). The molecular formula is C16H22ClN3O2S. The summed E-state index contributed by atoms with van der Waals surface area (Å²) < 4.78 is 0. The van der Waals surface area contributed by atoms with Crippen LogP contribution in [-0.2, 0) is 4.79 Å². The number of anilines is 1. The smallest absolute Gasteiger partial charge is 0.251 e. The molecule has 2 aliphatic rings. The zero-order chi connectivity index (χ0) is 15.7. The fourth-order valence-electron chi connectivity index (χ4n) is 2.84. The third-order valence-corrected chi connectivity index (χ3v) is 5.43. The SMILES string of the molecule is CC1Sc2ccc(C(=O)NC3CCCNC3C)cc2NC1=O.Cl. The van der Waals surface area contributed by atoms with Crippen LogP contribution < -0.4 is 16.0 Å². The number of amides is 2. The number of thioether (sulfide) groups is 1. The Kier molecular flexibility index (Phi) is 5.95. The van der Waals surface area contributed by atoms with Crippen LogP contribution >= 0.6 is 24.2 Å². The summed E-state index contributed by atoms with van der Waals surface area (Å²) in [5, 5.41) is 9.23. The van der Waals surface area contributed by atoms with Crippen LogP contribution in [0, 0.1) is 0 Å². The maximum absolute atomic E-state index is 12.4. The molecule has 1 saturated heterocycles. The molecule has 23 heavy (non-hydrogen) atoms. The van der Waals surface area contributed by atoms with E-state index in [1.54, 1.807) is 6.07 Å². The molecule has 2 heterocycles. The third kappa shape index (κ3) is 4.00. The van der Waals surface area contributed by atoms with Crippen LogP contribution in [0.1, 0.15) is 37.0 Å². The van der Waals surface area contributed by atoms with Crippen molar-refractivity contribution in [1.29, 1.82) is 0 Å². The second kappa shape index (κ2) is 7.55. The molecule has 0 spiro atoms. The van der Waals surface area contributed by atoms with Crippen molar-refractivity contribution in [2.24, 2.45) is 0 Å². The van der Waals surface area contributed by atoms with Gasteiger partial charge in [-0.3, -0.25) is 9.59 Å². The second-order valence-corrected chi connectivity index (χ2v) is 7.31. The van der Waals surface area contributed by atoms with E-state index >= 15 is 0 Å². The molecule has 0 aromatic heterocycles. The number of nitrogens with one attached hydrogen (secondary N) is 3. The predicted molar refractivity (Wildman–Crippen MR) is 95.6 cm³/mol. The van der Waals surface area contributed by atoms with Crippen molar-refractivity contribution in [1.82, 2.24) is 10.6 Å². The molecule has 7 heteroatoms. The van der Waals surface area contributed by atoms with E-state index in [1.807, 2.05) is 19.1 Å². The molecule has 3 atom stereocenters. The van der Waals surface area contributed by atoms with Gasteiger partial charge in [-0.2, -0.15) is 0 Å². The van der Waals surface area contributed by atoms with E-state index in [-0.39, 0.29) is 41.6 Å². The molecule has 3 unspecified atom stereocenters. The lowest BCUT2D eigenvalue weighted by Crippen LogP contribution is -2.51. The van der Waals surface area contributed by atoms with Crippen molar-refractivity contribution < 1.29 is 9.59 Å². The summed E-state index contributed by atoms with van der Waals surface area (Å²) in [6.07, 6.45) is 2.07. The monoisotopic (exact) mass is 355 g/mol. The van der Waals surface area contributed by atoms with Gasteiger partial charge in [-0.15, -0.1) is 24.2 Å². The Morgan fingerprint density at radius 3 is 2.87 bits per heavy atom. The van der Waals surface area contributed by atoms with E-state index in [4.69, 9.17) is 0 Å². The van der Waals surface area contributed by atoms with E-state index in [0.29, 0.717) is 5.56 Å². The second-order valence-electron chi connectivity index (χ2n) is 5.93. The average molecular weight is 356 g/mol. The quantitative estimate of drug-likeness (QED) is 0.762. The molecule has 3 N–H and O–H groups in total. The van der Waals surface area contributed by atoms with Crippen LogP contribution in [-0.4, -0.2) is 35.7 Å². The Labute approximate surface area is 146 Å². The van der Waals surface area contributed by atoms with Gasteiger partial charge in [0.1, 0.15) is 0 Å². The lowest BCUT2D eigenvalue weighted by molar-refractivity contribution is -0.115. The summed E-state index contributed by atoms with van der Waals surface area (Å²) >= 11 is 1.52. The number of hydrogen-bond donors (Lipinski definition) is 3. The lowest BCUT2D eigenvalue weighted by Gasteiger charge is -2.30. The van der Waals surface area contributed by atoms with Gasteiger partial charge >= 0.3 is 0 Å². The first-order valence-corrected chi connectivity index (χ1v) is 8.58. The van der Waals surface area contributed by atoms with Crippen LogP contribution in [0.3, 0.4) is 0 Å². The molecule has 1 aromatic carbocycles. The van der Waals surface area contributed by atoms with Crippen LogP contribution in [0.2, 0.25) is 0 Å². The number of carbonyl (C=O) groups excluding carboxylic acids is 2. The fraction of sp³-hybridized carbons (Fsp3) is 0.500. The third-order valence-electron chi connectivity index (χ3n) is 4.25. The van der Waals surface area contributed by atoms with Crippen molar-refractivity contribution in [3.05, 3.63) is 23.8 Å². The highest BCUT2D eigenvalue weighted by molar-refractivity contribution is 8.00. The van der Waals surface area contributed by atoms with E-state index in [2.05, 4.69) is 22.9 Å². The summed E-state index contributed by atoms with van der Waals surface area (Å²) in [6.45, 7) is 4.98. The van der Waals surface area contributed by atoms with Gasteiger partial charge in [0.25, 0.3) is 5.91 Å². The van der Waals surface area contributed by atoms with Gasteiger partial charge in [0.15, 0.2) is 0 Å². The molecule has 2 aliphatic heterocycles. The Bertz CT molecular complexity index is 611.